The zero-order chi connectivity index (χ0) is 13.2. The predicted molar refractivity (Wildman–Crippen MR) is 67.7 cm³/mol. The molecule has 3 fully saturated rings. The Hall–Kier alpha value is -1.34. The predicted octanol–water partition coefficient (Wildman–Crippen LogP) is -1.40. The van der Waals surface area contributed by atoms with Gasteiger partial charge >= 0.3 is 6.03 Å². The Labute approximate surface area is 112 Å². The second kappa shape index (κ2) is 5.34. The summed E-state index contributed by atoms with van der Waals surface area (Å²) in [6.45, 7) is 4.70. The molecule has 2 atom stereocenters. The number of carbonyl (C=O) groups excluding carboxylic acids is 2. The maximum Gasteiger partial charge on any atom is 0.317 e. The van der Waals surface area contributed by atoms with Crippen LogP contribution in [0.2, 0.25) is 0 Å². The SMILES string of the molecule is O=C(CC1COCCN1)N1CCN2C(=O)NCC2C1. The topological polar surface area (TPSA) is 73.9 Å². The molecule has 3 aliphatic rings. The summed E-state index contributed by atoms with van der Waals surface area (Å²) in [5.41, 5.74) is 0. The van der Waals surface area contributed by atoms with Gasteiger partial charge in [0.25, 0.3) is 0 Å². The van der Waals surface area contributed by atoms with E-state index in [4.69, 9.17) is 4.74 Å². The normalized spacial score (nSPS) is 31.1. The van der Waals surface area contributed by atoms with Gasteiger partial charge in [0.2, 0.25) is 5.91 Å². The van der Waals surface area contributed by atoms with E-state index < -0.39 is 0 Å². The van der Waals surface area contributed by atoms with Gasteiger partial charge in [0.1, 0.15) is 0 Å². The van der Waals surface area contributed by atoms with Crippen molar-refractivity contribution in [3.05, 3.63) is 0 Å². The van der Waals surface area contributed by atoms with Crippen molar-refractivity contribution in [1.29, 1.82) is 0 Å². The van der Waals surface area contributed by atoms with Gasteiger partial charge < -0.3 is 25.2 Å². The molecule has 0 saturated carbocycles. The molecule has 7 heteroatoms. The summed E-state index contributed by atoms with van der Waals surface area (Å²) in [6.07, 6.45) is 0.480. The van der Waals surface area contributed by atoms with Gasteiger partial charge in [-0.2, -0.15) is 0 Å². The number of hydrogen-bond donors (Lipinski definition) is 2. The highest BCUT2D eigenvalue weighted by Crippen LogP contribution is 2.15. The Kier molecular flexibility index (Phi) is 3.56. The lowest BCUT2D eigenvalue weighted by Gasteiger charge is -2.37. The van der Waals surface area contributed by atoms with Crippen molar-refractivity contribution in [2.75, 3.05) is 45.9 Å². The van der Waals surface area contributed by atoms with Crippen LogP contribution in [-0.4, -0.2) is 79.8 Å². The van der Waals surface area contributed by atoms with Crippen molar-refractivity contribution >= 4 is 11.9 Å². The van der Waals surface area contributed by atoms with Gasteiger partial charge in [-0.05, 0) is 0 Å². The first-order chi connectivity index (χ1) is 9.24. The molecule has 3 heterocycles. The largest absolute Gasteiger partial charge is 0.378 e. The van der Waals surface area contributed by atoms with E-state index in [-0.39, 0.29) is 24.0 Å². The lowest BCUT2D eigenvalue weighted by Crippen LogP contribution is -2.55. The highest BCUT2D eigenvalue weighted by Gasteiger charge is 2.37. The van der Waals surface area contributed by atoms with Crippen LogP contribution in [0.5, 0.6) is 0 Å². The van der Waals surface area contributed by atoms with E-state index in [9.17, 15) is 9.59 Å². The minimum absolute atomic E-state index is 0.000513. The van der Waals surface area contributed by atoms with Crippen molar-refractivity contribution in [3.8, 4) is 0 Å². The third-order valence-corrected chi connectivity index (χ3v) is 4.00. The minimum Gasteiger partial charge on any atom is -0.378 e. The van der Waals surface area contributed by atoms with Crippen molar-refractivity contribution in [3.63, 3.8) is 0 Å². The molecule has 19 heavy (non-hydrogen) atoms. The molecule has 0 radical (unpaired) electrons. The summed E-state index contributed by atoms with van der Waals surface area (Å²) >= 11 is 0. The number of fused-ring (bicyclic) bond motifs is 1. The number of hydrogen-bond acceptors (Lipinski definition) is 4. The Bertz CT molecular complexity index is 370. The van der Waals surface area contributed by atoms with Gasteiger partial charge in [-0.1, -0.05) is 0 Å². The molecule has 106 valence electrons. The second-order valence-electron chi connectivity index (χ2n) is 5.30. The molecule has 0 aromatic carbocycles. The van der Waals surface area contributed by atoms with Gasteiger partial charge in [-0.3, -0.25) is 4.79 Å². The lowest BCUT2D eigenvalue weighted by atomic mass is 10.1. The Balaban J connectivity index is 1.52. The molecular weight excluding hydrogens is 248 g/mol. The third-order valence-electron chi connectivity index (χ3n) is 4.00. The Morgan fingerprint density at radius 2 is 2.32 bits per heavy atom. The molecular formula is C12H20N4O3. The highest BCUT2D eigenvalue weighted by atomic mass is 16.5. The zero-order valence-electron chi connectivity index (χ0n) is 10.9. The molecule has 7 nitrogen and oxygen atoms in total. The number of carbonyl (C=O) groups is 2. The van der Waals surface area contributed by atoms with Crippen LogP contribution < -0.4 is 10.6 Å². The van der Waals surface area contributed by atoms with Crippen LogP contribution in [0.3, 0.4) is 0 Å². The number of urea groups is 1. The number of nitrogens with one attached hydrogen (secondary N) is 2. The van der Waals surface area contributed by atoms with Crippen LogP contribution in [0.25, 0.3) is 0 Å². The van der Waals surface area contributed by atoms with Gasteiger partial charge in [0, 0.05) is 45.2 Å². The van der Waals surface area contributed by atoms with Gasteiger partial charge in [0.15, 0.2) is 0 Å². The fourth-order valence-corrected chi connectivity index (χ4v) is 2.92. The second-order valence-corrected chi connectivity index (χ2v) is 5.30. The first kappa shape index (κ1) is 12.7. The molecule has 0 bridgehead atoms. The number of amides is 3. The smallest absolute Gasteiger partial charge is 0.317 e. The number of nitrogens with zero attached hydrogens (tertiary/aromatic N) is 2. The number of piperazine rings is 1. The third kappa shape index (κ3) is 2.66. The van der Waals surface area contributed by atoms with E-state index in [1.165, 1.54) is 0 Å². The summed E-state index contributed by atoms with van der Waals surface area (Å²) in [7, 11) is 0. The van der Waals surface area contributed by atoms with Crippen LogP contribution in [0.4, 0.5) is 4.79 Å². The minimum atomic E-state index is -0.000513. The molecule has 0 spiro atoms. The summed E-state index contributed by atoms with van der Waals surface area (Å²) in [5, 5.41) is 6.11. The van der Waals surface area contributed by atoms with Crippen LogP contribution >= 0.6 is 0 Å². The Morgan fingerprint density at radius 3 is 3.11 bits per heavy atom. The van der Waals surface area contributed by atoms with Crippen molar-refractivity contribution < 1.29 is 14.3 Å². The average molecular weight is 268 g/mol. The van der Waals surface area contributed by atoms with Crippen LogP contribution in [0.15, 0.2) is 0 Å². The van der Waals surface area contributed by atoms with E-state index in [0.717, 1.165) is 13.2 Å². The zero-order valence-corrected chi connectivity index (χ0v) is 10.9. The number of ether oxygens (including phenoxy) is 1. The summed E-state index contributed by atoms with van der Waals surface area (Å²) in [6, 6.07) is 0.267. The van der Waals surface area contributed by atoms with E-state index in [2.05, 4.69) is 10.6 Å². The average Bonchev–Trinajstić information content (AvgIpc) is 2.81. The van der Waals surface area contributed by atoms with Crippen LogP contribution in [0, 0.1) is 0 Å². The van der Waals surface area contributed by atoms with E-state index in [1.54, 1.807) is 0 Å². The standard InChI is InChI=1S/C12H20N4O3/c17-11(5-9-8-19-4-1-13-9)15-2-3-16-10(7-15)6-14-12(16)18/h9-10,13H,1-8H2,(H,14,18). The summed E-state index contributed by atoms with van der Waals surface area (Å²) < 4.78 is 5.36. The fourth-order valence-electron chi connectivity index (χ4n) is 2.92. The van der Waals surface area contributed by atoms with Gasteiger partial charge in [0.05, 0.1) is 19.3 Å². The summed E-state index contributed by atoms with van der Waals surface area (Å²) in [4.78, 5) is 27.4. The molecule has 2 N–H and O–H groups in total. The van der Waals surface area contributed by atoms with Gasteiger partial charge in [-0.25, -0.2) is 4.79 Å². The monoisotopic (exact) mass is 268 g/mol. The van der Waals surface area contributed by atoms with Gasteiger partial charge in [-0.15, -0.1) is 0 Å². The lowest BCUT2D eigenvalue weighted by molar-refractivity contribution is -0.134. The van der Waals surface area contributed by atoms with Crippen LogP contribution in [0.1, 0.15) is 6.42 Å². The highest BCUT2D eigenvalue weighted by molar-refractivity contribution is 5.79. The van der Waals surface area contributed by atoms with E-state index in [0.29, 0.717) is 39.2 Å². The Morgan fingerprint density at radius 1 is 1.42 bits per heavy atom. The van der Waals surface area contributed by atoms with Crippen molar-refractivity contribution in [1.82, 2.24) is 20.4 Å². The molecule has 0 aromatic heterocycles. The maximum atomic E-state index is 12.2. The molecule has 3 amide bonds. The van der Waals surface area contributed by atoms with Crippen LogP contribution in [-0.2, 0) is 9.53 Å². The quantitative estimate of drug-likeness (QED) is 0.646. The maximum absolute atomic E-state index is 12.2. The molecule has 2 unspecified atom stereocenters. The first-order valence-corrected chi connectivity index (χ1v) is 6.87. The molecule has 0 aromatic rings. The summed E-state index contributed by atoms with van der Waals surface area (Å²) in [5.74, 6) is 0.155. The molecule has 0 aliphatic carbocycles. The van der Waals surface area contributed by atoms with E-state index >= 15 is 0 Å². The number of morpholine rings is 1. The molecule has 3 saturated heterocycles. The van der Waals surface area contributed by atoms with Crippen molar-refractivity contribution in [2.24, 2.45) is 0 Å². The molecule has 3 aliphatic heterocycles. The van der Waals surface area contributed by atoms with Crippen molar-refractivity contribution in [2.45, 2.75) is 18.5 Å². The molecule has 3 rings (SSSR count). The first-order valence-electron chi connectivity index (χ1n) is 6.87. The number of rotatable bonds is 2. The fraction of sp³-hybridized carbons (Fsp3) is 0.833. The van der Waals surface area contributed by atoms with E-state index in [1.807, 2.05) is 9.80 Å².